The van der Waals surface area contributed by atoms with Crippen LogP contribution in [0.15, 0.2) is 42.5 Å². The van der Waals surface area contributed by atoms with Crippen LogP contribution in [0.5, 0.6) is 0 Å². The Morgan fingerprint density at radius 2 is 1.82 bits per heavy atom. The van der Waals surface area contributed by atoms with Crippen molar-refractivity contribution in [2.45, 2.75) is 20.8 Å². The summed E-state index contributed by atoms with van der Waals surface area (Å²) in [5, 5.41) is 7.67. The van der Waals surface area contributed by atoms with Gasteiger partial charge in [-0.05, 0) is 44.5 Å². The summed E-state index contributed by atoms with van der Waals surface area (Å²) in [6.07, 6.45) is 0. The molecule has 0 fully saturated rings. The number of hydrogen-bond donors (Lipinski definition) is 2. The summed E-state index contributed by atoms with van der Waals surface area (Å²) in [6, 6.07) is 14.3. The number of anilines is 3. The van der Waals surface area contributed by atoms with Crippen LogP contribution in [0.2, 0.25) is 0 Å². The molecule has 0 bridgehead atoms. The fourth-order valence-electron chi connectivity index (χ4n) is 2.51. The molecule has 3 aromatic rings. The van der Waals surface area contributed by atoms with Gasteiger partial charge < -0.3 is 10.6 Å². The highest BCUT2D eigenvalue weighted by Gasteiger charge is 2.08. The molecule has 0 aliphatic carbocycles. The molecule has 0 amide bonds. The fourth-order valence-corrected chi connectivity index (χ4v) is 2.51. The molecule has 0 aliphatic heterocycles. The number of fused-ring (bicyclic) bond motifs is 1. The molecule has 0 saturated heterocycles. The van der Waals surface area contributed by atoms with E-state index in [4.69, 9.17) is 0 Å². The average Bonchev–Trinajstić information content (AvgIpc) is 2.50. The lowest BCUT2D eigenvalue weighted by atomic mass is 10.1. The van der Waals surface area contributed by atoms with E-state index in [-0.39, 0.29) is 0 Å². The Labute approximate surface area is 130 Å². The summed E-state index contributed by atoms with van der Waals surface area (Å²) >= 11 is 0. The Balaban J connectivity index is 2.03. The maximum Gasteiger partial charge on any atom is 0.229 e. The molecule has 112 valence electrons. The molecule has 2 aromatic carbocycles. The minimum Gasteiger partial charge on any atom is -0.370 e. The van der Waals surface area contributed by atoms with Crippen molar-refractivity contribution in [3.8, 4) is 0 Å². The summed E-state index contributed by atoms with van der Waals surface area (Å²) in [5.74, 6) is 1.47. The lowest BCUT2D eigenvalue weighted by Gasteiger charge is -2.12. The minimum absolute atomic E-state index is 0.613. The predicted octanol–water partition coefficient (Wildman–Crippen LogP) is 4.42. The molecule has 4 heteroatoms. The van der Waals surface area contributed by atoms with Crippen molar-refractivity contribution >= 4 is 28.4 Å². The molecule has 1 heterocycles. The topological polar surface area (TPSA) is 49.8 Å². The van der Waals surface area contributed by atoms with E-state index in [1.807, 2.05) is 24.3 Å². The minimum atomic E-state index is 0.613. The number of nitrogens with zero attached hydrogens (tertiary/aromatic N) is 2. The molecule has 0 radical (unpaired) electrons. The van der Waals surface area contributed by atoms with Crippen LogP contribution >= 0.6 is 0 Å². The Hall–Kier alpha value is -2.62. The van der Waals surface area contributed by atoms with Crippen LogP contribution in [-0.4, -0.2) is 16.5 Å². The number of benzene rings is 2. The second kappa shape index (κ2) is 6.02. The number of aromatic nitrogens is 2. The van der Waals surface area contributed by atoms with Crippen molar-refractivity contribution in [3.05, 3.63) is 53.6 Å². The van der Waals surface area contributed by atoms with Gasteiger partial charge in [-0.1, -0.05) is 29.8 Å². The molecule has 0 atom stereocenters. The maximum atomic E-state index is 4.62. The number of hydrogen-bond acceptors (Lipinski definition) is 4. The zero-order valence-electron chi connectivity index (χ0n) is 13.1. The standard InChI is InChI=1S/C18H20N4/c1-4-19-17-14-7-5-6-8-16(14)21-18(22-17)20-15-10-9-12(2)11-13(15)3/h5-11H,4H2,1-3H3,(H2,19,20,21,22). The van der Waals surface area contributed by atoms with Crippen LogP contribution in [0.1, 0.15) is 18.1 Å². The van der Waals surface area contributed by atoms with Crippen LogP contribution in [0, 0.1) is 13.8 Å². The van der Waals surface area contributed by atoms with Gasteiger partial charge in [0.25, 0.3) is 0 Å². The van der Waals surface area contributed by atoms with E-state index in [9.17, 15) is 0 Å². The summed E-state index contributed by atoms with van der Waals surface area (Å²) < 4.78 is 0. The van der Waals surface area contributed by atoms with Gasteiger partial charge in [0.2, 0.25) is 5.95 Å². The molecule has 0 saturated carbocycles. The maximum absolute atomic E-state index is 4.62. The predicted molar refractivity (Wildman–Crippen MR) is 92.9 cm³/mol. The van der Waals surface area contributed by atoms with Crippen LogP contribution in [0.3, 0.4) is 0 Å². The average molecular weight is 292 g/mol. The van der Waals surface area contributed by atoms with Gasteiger partial charge in [-0.2, -0.15) is 4.98 Å². The smallest absolute Gasteiger partial charge is 0.229 e. The highest BCUT2D eigenvalue weighted by molar-refractivity contribution is 5.90. The third-order valence-electron chi connectivity index (χ3n) is 3.58. The van der Waals surface area contributed by atoms with Gasteiger partial charge in [-0.15, -0.1) is 0 Å². The van der Waals surface area contributed by atoms with Crippen molar-refractivity contribution < 1.29 is 0 Å². The van der Waals surface area contributed by atoms with Crippen LogP contribution in [0.25, 0.3) is 10.9 Å². The van der Waals surface area contributed by atoms with Gasteiger partial charge in [-0.25, -0.2) is 4.98 Å². The molecule has 0 spiro atoms. The fraction of sp³-hybridized carbons (Fsp3) is 0.222. The first-order valence-corrected chi connectivity index (χ1v) is 7.52. The van der Waals surface area contributed by atoms with Gasteiger partial charge in [-0.3, -0.25) is 0 Å². The third-order valence-corrected chi connectivity index (χ3v) is 3.58. The second-order valence-corrected chi connectivity index (χ2v) is 5.39. The molecular weight excluding hydrogens is 272 g/mol. The molecule has 22 heavy (non-hydrogen) atoms. The molecule has 2 N–H and O–H groups in total. The molecule has 3 rings (SSSR count). The molecule has 0 unspecified atom stereocenters. The second-order valence-electron chi connectivity index (χ2n) is 5.39. The lowest BCUT2D eigenvalue weighted by Crippen LogP contribution is -2.05. The number of aryl methyl sites for hydroxylation is 2. The van der Waals surface area contributed by atoms with Gasteiger partial charge in [0.1, 0.15) is 5.82 Å². The Morgan fingerprint density at radius 3 is 2.59 bits per heavy atom. The Bertz CT molecular complexity index is 811. The van der Waals surface area contributed by atoms with Crippen molar-refractivity contribution in [3.63, 3.8) is 0 Å². The van der Waals surface area contributed by atoms with Crippen molar-refractivity contribution in [2.75, 3.05) is 17.2 Å². The van der Waals surface area contributed by atoms with Crippen LogP contribution in [-0.2, 0) is 0 Å². The summed E-state index contributed by atoms with van der Waals surface area (Å²) in [7, 11) is 0. The van der Waals surface area contributed by atoms with Gasteiger partial charge in [0.05, 0.1) is 5.52 Å². The van der Waals surface area contributed by atoms with Gasteiger partial charge in [0.15, 0.2) is 0 Å². The number of nitrogens with one attached hydrogen (secondary N) is 2. The first kappa shape index (κ1) is 14.3. The van der Waals surface area contributed by atoms with E-state index in [2.05, 4.69) is 59.6 Å². The van der Waals surface area contributed by atoms with E-state index >= 15 is 0 Å². The highest BCUT2D eigenvalue weighted by atomic mass is 15.1. The summed E-state index contributed by atoms with van der Waals surface area (Å²) in [5.41, 5.74) is 4.39. The van der Waals surface area contributed by atoms with Crippen molar-refractivity contribution in [2.24, 2.45) is 0 Å². The lowest BCUT2D eigenvalue weighted by molar-refractivity contribution is 1.14. The first-order valence-electron chi connectivity index (χ1n) is 7.52. The van der Waals surface area contributed by atoms with Crippen LogP contribution in [0.4, 0.5) is 17.5 Å². The van der Waals surface area contributed by atoms with E-state index in [0.29, 0.717) is 5.95 Å². The summed E-state index contributed by atoms with van der Waals surface area (Å²) in [4.78, 5) is 9.23. The van der Waals surface area contributed by atoms with Crippen molar-refractivity contribution in [1.82, 2.24) is 9.97 Å². The third kappa shape index (κ3) is 2.86. The quantitative estimate of drug-likeness (QED) is 0.747. The normalized spacial score (nSPS) is 10.7. The summed E-state index contributed by atoms with van der Waals surface area (Å²) in [6.45, 7) is 7.06. The zero-order chi connectivity index (χ0) is 15.5. The first-order chi connectivity index (χ1) is 10.7. The van der Waals surface area contributed by atoms with Crippen molar-refractivity contribution in [1.29, 1.82) is 0 Å². The molecular formula is C18H20N4. The largest absolute Gasteiger partial charge is 0.370 e. The van der Waals surface area contributed by atoms with E-state index < -0.39 is 0 Å². The highest BCUT2D eigenvalue weighted by Crippen LogP contribution is 2.25. The van der Waals surface area contributed by atoms with E-state index in [1.165, 1.54) is 11.1 Å². The zero-order valence-corrected chi connectivity index (χ0v) is 13.1. The number of para-hydroxylation sites is 1. The van der Waals surface area contributed by atoms with Gasteiger partial charge in [0, 0.05) is 17.6 Å². The SMILES string of the molecule is CCNc1nc(Nc2ccc(C)cc2C)nc2ccccc12. The Morgan fingerprint density at radius 1 is 1.00 bits per heavy atom. The molecule has 1 aromatic heterocycles. The number of rotatable bonds is 4. The molecule has 4 nitrogen and oxygen atoms in total. The Kier molecular flexibility index (Phi) is 3.92. The van der Waals surface area contributed by atoms with E-state index in [0.717, 1.165) is 29.0 Å². The molecule has 0 aliphatic rings. The monoisotopic (exact) mass is 292 g/mol. The van der Waals surface area contributed by atoms with Gasteiger partial charge >= 0.3 is 0 Å². The van der Waals surface area contributed by atoms with Crippen LogP contribution < -0.4 is 10.6 Å². The van der Waals surface area contributed by atoms with E-state index in [1.54, 1.807) is 0 Å².